The molecule has 0 atom stereocenters. The maximum Gasteiger partial charge on any atom is 0.333 e. The molecule has 0 saturated heterocycles. The summed E-state index contributed by atoms with van der Waals surface area (Å²) in [6.07, 6.45) is 2.58. The molecule has 0 radical (unpaired) electrons. The summed E-state index contributed by atoms with van der Waals surface area (Å²) in [6, 6.07) is 2.06. The third kappa shape index (κ3) is 6.12. The van der Waals surface area contributed by atoms with Crippen LogP contribution in [0.5, 0.6) is 0 Å². The molecule has 148 valence electrons. The van der Waals surface area contributed by atoms with Crippen molar-refractivity contribution in [2.75, 3.05) is 6.61 Å². The number of carbonyl (C=O) groups excluding carboxylic acids is 2. The van der Waals surface area contributed by atoms with Gasteiger partial charge in [-0.1, -0.05) is 6.58 Å². The predicted molar refractivity (Wildman–Crippen MR) is 92.4 cm³/mol. The molecule has 4 nitrogen and oxygen atoms in total. The molecule has 0 N–H and O–H groups in total. The molecular weight excluding hydrogens is 361 g/mol. The number of rotatable bonds is 7. The molecule has 1 aliphatic carbocycles. The minimum absolute atomic E-state index is 0.0916. The molecule has 0 spiro atoms. The lowest BCUT2D eigenvalue weighted by molar-refractivity contribution is -0.152. The van der Waals surface area contributed by atoms with Crippen LogP contribution < -0.4 is 0 Å². The van der Waals surface area contributed by atoms with E-state index in [0.29, 0.717) is 43.2 Å². The summed E-state index contributed by atoms with van der Waals surface area (Å²) in [5.41, 5.74) is 0.728. The van der Waals surface area contributed by atoms with Crippen LogP contribution in [0.3, 0.4) is 0 Å². The second-order valence-electron chi connectivity index (χ2n) is 6.78. The van der Waals surface area contributed by atoms with Gasteiger partial charge >= 0.3 is 11.9 Å². The van der Waals surface area contributed by atoms with Crippen LogP contribution in [0.25, 0.3) is 0 Å². The van der Waals surface area contributed by atoms with Crippen LogP contribution in [0.4, 0.5) is 13.2 Å². The summed E-state index contributed by atoms with van der Waals surface area (Å²) < 4.78 is 50.1. The molecule has 0 aromatic heterocycles. The van der Waals surface area contributed by atoms with E-state index in [0.717, 1.165) is 12.1 Å². The first kappa shape index (κ1) is 21.0. The maximum atomic E-state index is 13.4. The first-order valence-electron chi connectivity index (χ1n) is 8.94. The Morgan fingerprint density at radius 1 is 1.11 bits per heavy atom. The zero-order valence-corrected chi connectivity index (χ0v) is 15.2. The van der Waals surface area contributed by atoms with Crippen LogP contribution in [0.1, 0.15) is 56.9 Å². The van der Waals surface area contributed by atoms with Crippen molar-refractivity contribution in [3.8, 4) is 0 Å². The number of esters is 2. The molecule has 1 saturated carbocycles. The Morgan fingerprint density at radius 2 is 1.70 bits per heavy atom. The van der Waals surface area contributed by atoms with Crippen LogP contribution >= 0.6 is 0 Å². The molecule has 0 unspecified atom stereocenters. The third-order valence-corrected chi connectivity index (χ3v) is 4.56. The monoisotopic (exact) mass is 384 g/mol. The molecular formula is C20H23F3O4. The van der Waals surface area contributed by atoms with Gasteiger partial charge in [0.25, 0.3) is 0 Å². The predicted octanol–water partition coefficient (Wildman–Crippen LogP) is 4.57. The van der Waals surface area contributed by atoms with Crippen LogP contribution in [-0.2, 0) is 19.1 Å². The van der Waals surface area contributed by atoms with E-state index in [9.17, 15) is 22.8 Å². The Morgan fingerprint density at radius 3 is 2.26 bits per heavy atom. The van der Waals surface area contributed by atoms with Crippen LogP contribution in [0, 0.1) is 17.5 Å². The second-order valence-corrected chi connectivity index (χ2v) is 6.78. The van der Waals surface area contributed by atoms with Crippen molar-refractivity contribution < 1.29 is 32.2 Å². The summed E-state index contributed by atoms with van der Waals surface area (Å²) in [5, 5.41) is 0. The Kier molecular flexibility index (Phi) is 7.45. The fraction of sp³-hybridized carbons (Fsp3) is 0.500. The van der Waals surface area contributed by atoms with Crippen molar-refractivity contribution in [1.82, 2.24) is 0 Å². The SMILES string of the molecule is C=C(C)C(=O)OCCCC(=O)OC1CCC(c2cc(F)c(F)c(F)c2)CC1. The molecule has 2 rings (SSSR count). The molecule has 1 aliphatic rings. The van der Waals surface area contributed by atoms with Gasteiger partial charge in [0, 0.05) is 12.0 Å². The molecule has 1 aromatic rings. The normalized spacial score (nSPS) is 19.4. The standard InChI is InChI=1S/C20H23F3O4/c1-12(2)20(25)26-9-3-4-18(24)27-15-7-5-13(6-8-15)14-10-16(21)19(23)17(22)11-14/h10-11,13,15H,1,3-9H2,2H3. The first-order chi connectivity index (χ1) is 12.8. The summed E-state index contributed by atoms with van der Waals surface area (Å²) in [7, 11) is 0. The van der Waals surface area contributed by atoms with Gasteiger partial charge in [-0.05, 0) is 62.6 Å². The lowest BCUT2D eigenvalue weighted by Gasteiger charge is -2.28. The van der Waals surface area contributed by atoms with E-state index < -0.39 is 23.4 Å². The molecule has 27 heavy (non-hydrogen) atoms. The molecule has 0 aliphatic heterocycles. The molecule has 1 aromatic carbocycles. The van der Waals surface area contributed by atoms with Gasteiger partial charge in [-0.25, -0.2) is 18.0 Å². The largest absolute Gasteiger partial charge is 0.462 e. The van der Waals surface area contributed by atoms with Crippen molar-refractivity contribution in [2.24, 2.45) is 0 Å². The number of hydrogen-bond donors (Lipinski definition) is 0. The second kappa shape index (κ2) is 9.58. The highest BCUT2D eigenvalue weighted by Crippen LogP contribution is 2.35. The zero-order valence-electron chi connectivity index (χ0n) is 15.2. The lowest BCUT2D eigenvalue weighted by atomic mass is 9.82. The molecule has 0 heterocycles. The van der Waals surface area contributed by atoms with E-state index in [1.165, 1.54) is 0 Å². The number of carbonyl (C=O) groups is 2. The van der Waals surface area contributed by atoms with E-state index in [1.54, 1.807) is 6.92 Å². The average molecular weight is 384 g/mol. The summed E-state index contributed by atoms with van der Waals surface area (Å²) in [5.74, 6) is -4.79. The van der Waals surface area contributed by atoms with Gasteiger partial charge in [0.15, 0.2) is 17.5 Å². The highest BCUT2D eigenvalue weighted by Gasteiger charge is 2.26. The van der Waals surface area contributed by atoms with Crippen molar-refractivity contribution >= 4 is 11.9 Å². The summed E-state index contributed by atoms with van der Waals surface area (Å²) in [6.45, 7) is 5.13. The van der Waals surface area contributed by atoms with Crippen LogP contribution in [-0.4, -0.2) is 24.6 Å². The molecule has 1 fully saturated rings. The van der Waals surface area contributed by atoms with E-state index in [2.05, 4.69) is 6.58 Å². The van der Waals surface area contributed by atoms with Gasteiger partial charge in [-0.3, -0.25) is 4.79 Å². The van der Waals surface area contributed by atoms with Crippen molar-refractivity contribution in [3.05, 3.63) is 47.3 Å². The van der Waals surface area contributed by atoms with Crippen molar-refractivity contribution in [1.29, 1.82) is 0 Å². The van der Waals surface area contributed by atoms with Gasteiger partial charge in [-0.2, -0.15) is 0 Å². The Labute approximate surface area is 156 Å². The van der Waals surface area contributed by atoms with Gasteiger partial charge in [-0.15, -0.1) is 0 Å². The molecule has 0 amide bonds. The summed E-state index contributed by atoms with van der Waals surface area (Å²) in [4.78, 5) is 23.1. The van der Waals surface area contributed by atoms with Crippen LogP contribution in [0.15, 0.2) is 24.3 Å². The van der Waals surface area contributed by atoms with Crippen LogP contribution in [0.2, 0.25) is 0 Å². The van der Waals surface area contributed by atoms with E-state index >= 15 is 0 Å². The van der Waals surface area contributed by atoms with Crippen molar-refractivity contribution in [2.45, 2.75) is 57.5 Å². The Balaban J connectivity index is 1.72. The topological polar surface area (TPSA) is 52.6 Å². The highest BCUT2D eigenvalue weighted by molar-refractivity contribution is 5.86. The van der Waals surface area contributed by atoms with Gasteiger partial charge in [0.1, 0.15) is 6.10 Å². The lowest BCUT2D eigenvalue weighted by Crippen LogP contribution is -2.24. The Hall–Kier alpha value is -2.31. The molecule has 0 bridgehead atoms. The quantitative estimate of drug-likeness (QED) is 0.299. The highest BCUT2D eigenvalue weighted by atomic mass is 19.2. The third-order valence-electron chi connectivity index (χ3n) is 4.56. The summed E-state index contributed by atoms with van der Waals surface area (Å²) >= 11 is 0. The number of ether oxygens (including phenoxy) is 2. The van der Waals surface area contributed by atoms with E-state index in [4.69, 9.17) is 9.47 Å². The van der Waals surface area contributed by atoms with Crippen molar-refractivity contribution in [3.63, 3.8) is 0 Å². The van der Waals surface area contributed by atoms with E-state index in [1.807, 2.05) is 0 Å². The first-order valence-corrected chi connectivity index (χ1v) is 8.94. The minimum atomic E-state index is -1.46. The maximum absolute atomic E-state index is 13.4. The minimum Gasteiger partial charge on any atom is -0.462 e. The fourth-order valence-corrected chi connectivity index (χ4v) is 3.07. The van der Waals surface area contributed by atoms with Gasteiger partial charge in [0.05, 0.1) is 6.61 Å². The Bertz CT molecular complexity index is 686. The number of benzene rings is 1. The van der Waals surface area contributed by atoms with Gasteiger partial charge in [0.2, 0.25) is 0 Å². The fourth-order valence-electron chi connectivity index (χ4n) is 3.07. The zero-order chi connectivity index (χ0) is 20.0. The molecule has 7 heteroatoms. The van der Waals surface area contributed by atoms with Gasteiger partial charge < -0.3 is 9.47 Å². The van der Waals surface area contributed by atoms with E-state index in [-0.39, 0.29) is 31.0 Å². The number of halogens is 3. The number of hydrogen-bond acceptors (Lipinski definition) is 4. The average Bonchev–Trinajstić information content (AvgIpc) is 2.63. The smallest absolute Gasteiger partial charge is 0.333 e.